The van der Waals surface area contributed by atoms with Gasteiger partial charge in [-0.05, 0) is 43.2 Å². The minimum Gasteiger partial charge on any atom is -0.355 e. The number of halogens is 1. The van der Waals surface area contributed by atoms with Gasteiger partial charge in [-0.3, -0.25) is 13.9 Å². The maximum absolute atomic E-state index is 13.9. The zero-order chi connectivity index (χ0) is 27.0. The molecule has 3 rings (SSSR count). The predicted octanol–water partition coefficient (Wildman–Crippen LogP) is 3.68. The van der Waals surface area contributed by atoms with Crippen LogP contribution in [0.5, 0.6) is 0 Å². The molecular formula is C28H32FN3O4S. The second-order valence-corrected chi connectivity index (χ2v) is 10.8. The van der Waals surface area contributed by atoms with E-state index in [1.165, 1.54) is 23.1 Å². The predicted molar refractivity (Wildman–Crippen MR) is 143 cm³/mol. The molecule has 0 radical (unpaired) electrons. The lowest BCUT2D eigenvalue weighted by Crippen LogP contribution is -2.53. The van der Waals surface area contributed by atoms with Crippen molar-refractivity contribution in [3.05, 3.63) is 101 Å². The van der Waals surface area contributed by atoms with Gasteiger partial charge in [-0.2, -0.15) is 0 Å². The Morgan fingerprint density at radius 3 is 2.22 bits per heavy atom. The summed E-state index contributed by atoms with van der Waals surface area (Å²) in [5.74, 6) is -1.55. The molecule has 0 bridgehead atoms. The highest BCUT2D eigenvalue weighted by Gasteiger charge is 2.32. The number of hydrogen-bond donors (Lipinski definition) is 1. The Kier molecular flexibility index (Phi) is 9.41. The molecular weight excluding hydrogens is 493 g/mol. The molecule has 0 spiro atoms. The number of benzene rings is 3. The number of carbonyl (C=O) groups is 2. The Balaban J connectivity index is 2.03. The number of anilines is 1. The standard InChI is InChI=1S/C28H32FN3O4S/c1-4-30-28(34)26(17-22-9-6-5-7-10-22)31(19-23-15-13-21(2)14-16-23)27(33)20-32(37(3,35)36)25-12-8-11-24(29)18-25/h5-16,18,26H,4,17,19-20H2,1-3H3,(H,30,34). The SMILES string of the molecule is CCNC(=O)C(Cc1ccccc1)N(Cc1ccc(C)cc1)C(=O)CN(c1cccc(F)c1)S(C)(=O)=O. The van der Waals surface area contributed by atoms with Crippen molar-refractivity contribution >= 4 is 27.5 Å². The lowest BCUT2D eigenvalue weighted by Gasteiger charge is -2.33. The minimum absolute atomic E-state index is 0.0313. The van der Waals surface area contributed by atoms with Gasteiger partial charge in [0.25, 0.3) is 0 Å². The molecule has 3 aromatic carbocycles. The number of nitrogens with zero attached hydrogens (tertiary/aromatic N) is 2. The van der Waals surface area contributed by atoms with E-state index in [4.69, 9.17) is 0 Å². The van der Waals surface area contributed by atoms with Crippen LogP contribution in [-0.4, -0.2) is 50.5 Å². The van der Waals surface area contributed by atoms with Crippen LogP contribution < -0.4 is 9.62 Å². The van der Waals surface area contributed by atoms with E-state index in [0.717, 1.165) is 33.3 Å². The molecule has 9 heteroatoms. The molecule has 0 heterocycles. The van der Waals surface area contributed by atoms with Gasteiger partial charge < -0.3 is 10.2 Å². The largest absolute Gasteiger partial charge is 0.355 e. The number of aryl methyl sites for hydroxylation is 1. The number of carbonyl (C=O) groups excluding carboxylic acids is 2. The normalized spacial score (nSPS) is 12.0. The van der Waals surface area contributed by atoms with Crippen molar-refractivity contribution in [3.63, 3.8) is 0 Å². The first-order valence-corrected chi connectivity index (χ1v) is 13.8. The average Bonchev–Trinajstić information content (AvgIpc) is 2.85. The number of sulfonamides is 1. The molecule has 7 nitrogen and oxygen atoms in total. The Morgan fingerprint density at radius 2 is 1.62 bits per heavy atom. The van der Waals surface area contributed by atoms with E-state index in [1.54, 1.807) is 6.92 Å². The fraction of sp³-hybridized carbons (Fsp3) is 0.286. The van der Waals surface area contributed by atoms with Gasteiger partial charge in [0.1, 0.15) is 18.4 Å². The summed E-state index contributed by atoms with van der Waals surface area (Å²) in [5, 5.41) is 2.80. The van der Waals surface area contributed by atoms with E-state index in [1.807, 2.05) is 61.5 Å². The number of amides is 2. The molecule has 1 atom stereocenters. The van der Waals surface area contributed by atoms with Crippen molar-refractivity contribution in [1.29, 1.82) is 0 Å². The van der Waals surface area contributed by atoms with Gasteiger partial charge in [-0.15, -0.1) is 0 Å². The van der Waals surface area contributed by atoms with Crippen molar-refractivity contribution in [2.75, 3.05) is 23.7 Å². The highest BCUT2D eigenvalue weighted by atomic mass is 32.2. The van der Waals surface area contributed by atoms with Crippen LogP contribution in [0.1, 0.15) is 23.6 Å². The second-order valence-electron chi connectivity index (χ2n) is 8.86. The summed E-state index contributed by atoms with van der Waals surface area (Å²) in [4.78, 5) is 28.5. The van der Waals surface area contributed by atoms with E-state index in [9.17, 15) is 22.4 Å². The van der Waals surface area contributed by atoms with Crippen LogP contribution in [0, 0.1) is 12.7 Å². The van der Waals surface area contributed by atoms with E-state index in [2.05, 4.69) is 5.32 Å². The third-order valence-corrected chi connectivity index (χ3v) is 7.01. The van der Waals surface area contributed by atoms with E-state index in [0.29, 0.717) is 6.54 Å². The molecule has 0 aliphatic rings. The summed E-state index contributed by atoms with van der Waals surface area (Å²) in [6.07, 6.45) is 1.20. The molecule has 1 N–H and O–H groups in total. The van der Waals surface area contributed by atoms with E-state index >= 15 is 0 Å². The zero-order valence-electron chi connectivity index (χ0n) is 21.2. The Morgan fingerprint density at radius 1 is 0.946 bits per heavy atom. The molecule has 3 aromatic rings. The number of rotatable bonds is 11. The topological polar surface area (TPSA) is 86.8 Å². The van der Waals surface area contributed by atoms with E-state index < -0.39 is 34.3 Å². The van der Waals surface area contributed by atoms with Gasteiger partial charge in [0.2, 0.25) is 21.8 Å². The monoisotopic (exact) mass is 525 g/mol. The first kappa shape index (κ1) is 27.9. The molecule has 37 heavy (non-hydrogen) atoms. The summed E-state index contributed by atoms with van der Waals surface area (Å²) in [6.45, 7) is 3.62. The van der Waals surface area contributed by atoms with Crippen LogP contribution >= 0.6 is 0 Å². The third kappa shape index (κ3) is 7.88. The van der Waals surface area contributed by atoms with E-state index in [-0.39, 0.29) is 24.6 Å². The quantitative estimate of drug-likeness (QED) is 0.414. The van der Waals surface area contributed by atoms with Crippen LogP contribution in [0.4, 0.5) is 10.1 Å². The lowest BCUT2D eigenvalue weighted by molar-refractivity contribution is -0.140. The molecule has 0 saturated carbocycles. The maximum atomic E-state index is 13.9. The molecule has 0 saturated heterocycles. The van der Waals surface area contributed by atoms with Crippen LogP contribution in [0.2, 0.25) is 0 Å². The summed E-state index contributed by atoms with van der Waals surface area (Å²) in [5.41, 5.74) is 2.72. The number of nitrogens with one attached hydrogen (secondary N) is 1. The van der Waals surface area contributed by atoms with Crippen LogP contribution in [0.15, 0.2) is 78.9 Å². The van der Waals surface area contributed by atoms with Crippen molar-refractivity contribution in [1.82, 2.24) is 10.2 Å². The zero-order valence-corrected chi connectivity index (χ0v) is 22.0. The summed E-state index contributed by atoms with van der Waals surface area (Å²) in [7, 11) is -3.94. The van der Waals surface area contributed by atoms with Gasteiger partial charge >= 0.3 is 0 Å². The highest BCUT2D eigenvalue weighted by Crippen LogP contribution is 2.21. The summed E-state index contributed by atoms with van der Waals surface area (Å²) in [6, 6.07) is 21.0. The van der Waals surface area contributed by atoms with Gasteiger partial charge in [-0.1, -0.05) is 66.2 Å². The average molecular weight is 526 g/mol. The first-order valence-electron chi connectivity index (χ1n) is 12.0. The molecule has 0 aliphatic heterocycles. The maximum Gasteiger partial charge on any atom is 0.244 e. The number of likely N-dealkylation sites (N-methyl/N-ethyl adjacent to an activating group) is 1. The van der Waals surface area contributed by atoms with Crippen LogP contribution in [0.25, 0.3) is 0 Å². The number of hydrogen-bond acceptors (Lipinski definition) is 4. The highest BCUT2D eigenvalue weighted by molar-refractivity contribution is 7.92. The summed E-state index contributed by atoms with van der Waals surface area (Å²) >= 11 is 0. The molecule has 1 unspecified atom stereocenters. The Hall–Kier alpha value is -3.72. The molecule has 2 amide bonds. The molecule has 0 fully saturated rings. The smallest absolute Gasteiger partial charge is 0.244 e. The van der Waals surface area contributed by atoms with Gasteiger partial charge in [-0.25, -0.2) is 12.8 Å². The first-order chi connectivity index (χ1) is 17.6. The Labute approximate surface area is 218 Å². The fourth-order valence-corrected chi connectivity index (χ4v) is 4.82. The van der Waals surface area contributed by atoms with Gasteiger partial charge in [0.05, 0.1) is 11.9 Å². The van der Waals surface area contributed by atoms with Crippen molar-refractivity contribution < 1.29 is 22.4 Å². The molecule has 196 valence electrons. The fourth-order valence-electron chi connectivity index (χ4n) is 3.98. The Bertz CT molecular complexity index is 1310. The minimum atomic E-state index is -3.94. The van der Waals surface area contributed by atoms with Gasteiger partial charge in [0, 0.05) is 19.5 Å². The third-order valence-electron chi connectivity index (χ3n) is 5.87. The molecule has 0 aromatic heterocycles. The lowest BCUT2D eigenvalue weighted by atomic mass is 10.0. The van der Waals surface area contributed by atoms with Crippen molar-refractivity contribution in [2.45, 2.75) is 32.9 Å². The summed E-state index contributed by atoms with van der Waals surface area (Å²) < 4.78 is 40.1. The van der Waals surface area contributed by atoms with Crippen molar-refractivity contribution in [2.24, 2.45) is 0 Å². The second kappa shape index (κ2) is 12.5. The van der Waals surface area contributed by atoms with Crippen LogP contribution in [-0.2, 0) is 32.6 Å². The van der Waals surface area contributed by atoms with Gasteiger partial charge in [0.15, 0.2) is 0 Å². The van der Waals surface area contributed by atoms with Crippen molar-refractivity contribution in [3.8, 4) is 0 Å². The molecule has 0 aliphatic carbocycles. The van der Waals surface area contributed by atoms with Crippen LogP contribution in [0.3, 0.4) is 0 Å².